The monoisotopic (exact) mass is 541 g/mol. The van der Waals surface area contributed by atoms with Crippen LogP contribution in [-0.4, -0.2) is 50.8 Å². The van der Waals surface area contributed by atoms with Gasteiger partial charge in [-0.3, -0.25) is 13.9 Å². The largest absolute Gasteiger partial charge is 0.354 e. The molecule has 0 aliphatic rings. The van der Waals surface area contributed by atoms with Gasteiger partial charge in [0.15, 0.2) is 0 Å². The Balaban J connectivity index is 1.94. The quantitative estimate of drug-likeness (QED) is 0.365. The highest BCUT2D eigenvalue weighted by molar-refractivity contribution is 7.92. The SMILES string of the molecule is CCCNC(=O)[C@H](C)N(CCc1ccccc1)C(=O)CN(c1ccc(Cl)cc1)S(=O)(=O)c1ccccc1. The van der Waals surface area contributed by atoms with Gasteiger partial charge in [0.25, 0.3) is 10.0 Å². The van der Waals surface area contributed by atoms with Crippen LogP contribution in [0.5, 0.6) is 0 Å². The zero-order chi connectivity index (χ0) is 26.8. The lowest BCUT2D eigenvalue weighted by atomic mass is 10.1. The molecule has 7 nitrogen and oxygen atoms in total. The maximum Gasteiger partial charge on any atom is 0.264 e. The van der Waals surface area contributed by atoms with Crippen molar-refractivity contribution < 1.29 is 18.0 Å². The van der Waals surface area contributed by atoms with Crippen molar-refractivity contribution in [2.75, 3.05) is 23.9 Å². The van der Waals surface area contributed by atoms with E-state index in [4.69, 9.17) is 11.6 Å². The minimum atomic E-state index is -4.08. The Morgan fingerprint density at radius 3 is 2.11 bits per heavy atom. The van der Waals surface area contributed by atoms with Crippen LogP contribution in [0.2, 0.25) is 5.02 Å². The average molecular weight is 542 g/mol. The molecule has 9 heteroatoms. The molecular formula is C28H32ClN3O4S. The van der Waals surface area contributed by atoms with Crippen molar-refractivity contribution in [3.05, 3.63) is 95.5 Å². The highest BCUT2D eigenvalue weighted by Gasteiger charge is 2.32. The van der Waals surface area contributed by atoms with Gasteiger partial charge >= 0.3 is 0 Å². The summed E-state index contributed by atoms with van der Waals surface area (Å²) in [5.74, 6) is -0.767. The normalized spacial score (nSPS) is 12.0. The number of carbonyl (C=O) groups is 2. The van der Waals surface area contributed by atoms with Crippen molar-refractivity contribution in [1.29, 1.82) is 0 Å². The molecule has 0 saturated heterocycles. The van der Waals surface area contributed by atoms with E-state index in [1.807, 2.05) is 37.3 Å². The van der Waals surface area contributed by atoms with Crippen LogP contribution in [0.3, 0.4) is 0 Å². The Bertz CT molecular complexity index is 1270. The van der Waals surface area contributed by atoms with Gasteiger partial charge in [-0.15, -0.1) is 0 Å². The first kappa shape index (κ1) is 28.2. The highest BCUT2D eigenvalue weighted by atomic mass is 35.5. The number of amides is 2. The predicted molar refractivity (Wildman–Crippen MR) is 147 cm³/mol. The number of hydrogen-bond donors (Lipinski definition) is 1. The van der Waals surface area contributed by atoms with Crippen LogP contribution in [-0.2, 0) is 26.0 Å². The molecule has 0 aliphatic carbocycles. The van der Waals surface area contributed by atoms with Gasteiger partial charge in [-0.05, 0) is 61.7 Å². The summed E-state index contributed by atoms with van der Waals surface area (Å²) in [4.78, 5) is 28.0. The van der Waals surface area contributed by atoms with Gasteiger partial charge < -0.3 is 10.2 Å². The molecule has 0 radical (unpaired) electrons. The highest BCUT2D eigenvalue weighted by Crippen LogP contribution is 2.25. The Morgan fingerprint density at radius 2 is 1.51 bits per heavy atom. The van der Waals surface area contributed by atoms with E-state index in [9.17, 15) is 18.0 Å². The maximum atomic E-state index is 13.7. The third-order valence-electron chi connectivity index (χ3n) is 5.93. The van der Waals surface area contributed by atoms with Crippen molar-refractivity contribution in [1.82, 2.24) is 10.2 Å². The van der Waals surface area contributed by atoms with Crippen molar-refractivity contribution in [3.8, 4) is 0 Å². The summed E-state index contributed by atoms with van der Waals surface area (Å²) < 4.78 is 28.3. The standard InChI is InChI=1S/C28H32ClN3O4S/c1-3-19-30-28(34)22(2)31(20-18-23-10-6-4-7-11-23)27(33)21-32(25-16-14-24(29)15-17-25)37(35,36)26-12-8-5-9-13-26/h4-17,22H,3,18-21H2,1-2H3,(H,30,34)/t22-/m0/s1. The molecule has 2 amide bonds. The molecular weight excluding hydrogens is 510 g/mol. The third kappa shape index (κ3) is 7.57. The summed E-state index contributed by atoms with van der Waals surface area (Å²) in [5, 5.41) is 3.28. The molecule has 0 aromatic heterocycles. The van der Waals surface area contributed by atoms with Crippen molar-refractivity contribution in [3.63, 3.8) is 0 Å². The Labute approximate surface area is 224 Å². The molecule has 1 N–H and O–H groups in total. The number of sulfonamides is 1. The third-order valence-corrected chi connectivity index (χ3v) is 7.97. The average Bonchev–Trinajstić information content (AvgIpc) is 2.92. The first-order chi connectivity index (χ1) is 17.7. The fourth-order valence-electron chi connectivity index (χ4n) is 3.82. The zero-order valence-electron chi connectivity index (χ0n) is 21.0. The van der Waals surface area contributed by atoms with Crippen LogP contribution < -0.4 is 9.62 Å². The van der Waals surface area contributed by atoms with E-state index < -0.39 is 28.5 Å². The second-order valence-electron chi connectivity index (χ2n) is 8.59. The number of nitrogens with one attached hydrogen (secondary N) is 1. The number of halogens is 1. The first-order valence-corrected chi connectivity index (χ1v) is 14.0. The number of nitrogens with zero attached hydrogens (tertiary/aromatic N) is 2. The second kappa shape index (κ2) is 13.3. The van der Waals surface area contributed by atoms with E-state index in [2.05, 4.69) is 5.32 Å². The molecule has 0 fully saturated rings. The van der Waals surface area contributed by atoms with Gasteiger partial charge in [-0.2, -0.15) is 0 Å². The maximum absolute atomic E-state index is 13.7. The summed E-state index contributed by atoms with van der Waals surface area (Å²) >= 11 is 6.03. The Kier molecular flexibility index (Phi) is 10.1. The van der Waals surface area contributed by atoms with Crippen molar-refractivity contribution in [2.24, 2.45) is 0 Å². The lowest BCUT2D eigenvalue weighted by Gasteiger charge is -2.32. The van der Waals surface area contributed by atoms with Crippen LogP contribution in [0.4, 0.5) is 5.69 Å². The van der Waals surface area contributed by atoms with Crippen LogP contribution in [0.15, 0.2) is 89.8 Å². The van der Waals surface area contributed by atoms with Gasteiger partial charge in [-0.1, -0.05) is 67.1 Å². The van der Waals surface area contributed by atoms with Crippen LogP contribution in [0, 0.1) is 0 Å². The summed E-state index contributed by atoms with van der Waals surface area (Å²) in [6.45, 7) is 3.87. The number of anilines is 1. The first-order valence-electron chi connectivity index (χ1n) is 12.2. The molecule has 3 rings (SSSR count). The summed E-state index contributed by atoms with van der Waals surface area (Å²) in [6.07, 6.45) is 1.28. The van der Waals surface area contributed by atoms with Crippen molar-refractivity contribution >= 4 is 39.1 Å². The minimum absolute atomic E-state index is 0.0577. The molecule has 0 heterocycles. The van der Waals surface area contributed by atoms with Gasteiger partial charge in [-0.25, -0.2) is 8.42 Å². The fraction of sp³-hybridized carbons (Fsp3) is 0.286. The van der Waals surface area contributed by atoms with Gasteiger partial charge in [0, 0.05) is 18.1 Å². The summed E-state index contributed by atoms with van der Waals surface area (Å²) in [7, 11) is -4.08. The molecule has 0 unspecified atom stereocenters. The lowest BCUT2D eigenvalue weighted by molar-refractivity contribution is -0.138. The van der Waals surface area contributed by atoms with Crippen LogP contribution in [0.25, 0.3) is 0 Å². The van der Waals surface area contributed by atoms with Crippen molar-refractivity contribution in [2.45, 2.75) is 37.6 Å². The van der Waals surface area contributed by atoms with E-state index in [0.717, 1.165) is 16.3 Å². The molecule has 0 spiro atoms. The molecule has 196 valence electrons. The van der Waals surface area contributed by atoms with E-state index in [1.54, 1.807) is 49.4 Å². The van der Waals surface area contributed by atoms with E-state index >= 15 is 0 Å². The molecule has 3 aromatic carbocycles. The minimum Gasteiger partial charge on any atom is -0.354 e. The second-order valence-corrected chi connectivity index (χ2v) is 10.9. The summed E-state index contributed by atoms with van der Waals surface area (Å²) in [5.41, 5.74) is 1.31. The topological polar surface area (TPSA) is 86.8 Å². The molecule has 0 saturated carbocycles. The Hall–Kier alpha value is -3.36. The number of rotatable bonds is 12. The van der Waals surface area contributed by atoms with Gasteiger partial charge in [0.05, 0.1) is 10.6 Å². The zero-order valence-corrected chi connectivity index (χ0v) is 22.6. The fourth-order valence-corrected chi connectivity index (χ4v) is 5.38. The molecule has 1 atom stereocenters. The molecule has 0 aliphatic heterocycles. The van der Waals surface area contributed by atoms with Gasteiger partial charge in [0.1, 0.15) is 12.6 Å². The number of benzene rings is 3. The van der Waals surface area contributed by atoms with Crippen LogP contribution >= 0.6 is 11.6 Å². The molecule has 0 bridgehead atoms. The van der Waals surface area contributed by atoms with Crippen LogP contribution in [0.1, 0.15) is 25.8 Å². The van der Waals surface area contributed by atoms with E-state index in [1.165, 1.54) is 17.0 Å². The predicted octanol–water partition coefficient (Wildman–Crippen LogP) is 4.52. The van der Waals surface area contributed by atoms with Gasteiger partial charge in [0.2, 0.25) is 11.8 Å². The van der Waals surface area contributed by atoms with E-state index in [0.29, 0.717) is 23.7 Å². The summed E-state index contributed by atoms with van der Waals surface area (Å²) in [6, 6.07) is 23.0. The molecule has 37 heavy (non-hydrogen) atoms. The number of carbonyl (C=O) groups excluding carboxylic acids is 2. The lowest BCUT2D eigenvalue weighted by Crippen LogP contribution is -2.52. The Morgan fingerprint density at radius 1 is 0.919 bits per heavy atom. The molecule has 3 aromatic rings. The van der Waals surface area contributed by atoms with E-state index in [-0.39, 0.29) is 17.3 Å². The smallest absolute Gasteiger partial charge is 0.264 e. The number of hydrogen-bond acceptors (Lipinski definition) is 4.